The van der Waals surface area contributed by atoms with Crippen LogP contribution in [0.1, 0.15) is 109 Å². The van der Waals surface area contributed by atoms with Crippen molar-refractivity contribution < 1.29 is 37.3 Å². The third-order valence-corrected chi connectivity index (χ3v) is 8.32. The van der Waals surface area contributed by atoms with E-state index in [4.69, 9.17) is 18.9 Å². The molecule has 2 atom stereocenters. The summed E-state index contributed by atoms with van der Waals surface area (Å²) < 4.78 is 50.5. The standard InChI is InChI=1S/C33H47F2NO6/c1-3-5-7-29(34)32(37)41-26-13-9-23(10-14-26)21-39-28-17-18-31(25(19-28)20-36)40-22-24-11-15-27(16-12-24)42-33(38)30(35)8-6-4-2/h17-19,23-24,26-27,29-30H,3-16,21-22H2,1-2H3/t23-,24-,26-,27-,29-,30-/m0/s1. The van der Waals surface area contributed by atoms with Crippen LogP contribution in [0, 0.1) is 23.2 Å². The average molecular weight is 592 g/mol. The molecule has 42 heavy (non-hydrogen) atoms. The van der Waals surface area contributed by atoms with Gasteiger partial charge in [-0.1, -0.05) is 39.5 Å². The van der Waals surface area contributed by atoms with Gasteiger partial charge >= 0.3 is 11.9 Å². The van der Waals surface area contributed by atoms with Gasteiger partial charge in [0.15, 0.2) is 12.3 Å². The van der Waals surface area contributed by atoms with E-state index in [-0.39, 0.29) is 31.0 Å². The third kappa shape index (κ3) is 11.1. The van der Waals surface area contributed by atoms with E-state index < -0.39 is 24.3 Å². The molecule has 0 unspecified atom stereocenters. The average Bonchev–Trinajstić information content (AvgIpc) is 3.01. The molecule has 0 aromatic heterocycles. The van der Waals surface area contributed by atoms with Crippen LogP contribution in [0.2, 0.25) is 0 Å². The minimum Gasteiger partial charge on any atom is -0.493 e. The van der Waals surface area contributed by atoms with Crippen LogP contribution in [-0.2, 0) is 19.1 Å². The number of esters is 2. The number of benzene rings is 1. The Balaban J connectivity index is 1.36. The van der Waals surface area contributed by atoms with E-state index in [0.29, 0.717) is 74.7 Å². The third-order valence-electron chi connectivity index (χ3n) is 8.32. The lowest BCUT2D eigenvalue weighted by Gasteiger charge is -2.29. The van der Waals surface area contributed by atoms with Crippen molar-refractivity contribution in [2.45, 2.75) is 128 Å². The van der Waals surface area contributed by atoms with Gasteiger partial charge in [-0.15, -0.1) is 0 Å². The van der Waals surface area contributed by atoms with Gasteiger partial charge in [-0.25, -0.2) is 18.4 Å². The largest absolute Gasteiger partial charge is 0.493 e. The fourth-order valence-electron chi connectivity index (χ4n) is 5.55. The Labute approximate surface area is 249 Å². The Hall–Kier alpha value is -2.89. The molecule has 2 aliphatic rings. The molecule has 0 heterocycles. The first-order chi connectivity index (χ1) is 20.3. The molecule has 0 amide bonds. The van der Waals surface area contributed by atoms with Gasteiger partial charge in [0, 0.05) is 6.07 Å². The van der Waals surface area contributed by atoms with Crippen molar-refractivity contribution >= 4 is 11.9 Å². The molecule has 3 rings (SSSR count). The molecule has 0 saturated heterocycles. The fourth-order valence-corrected chi connectivity index (χ4v) is 5.55. The molecule has 0 N–H and O–H groups in total. The first-order valence-electron chi connectivity index (χ1n) is 15.8. The zero-order valence-electron chi connectivity index (χ0n) is 25.2. The van der Waals surface area contributed by atoms with Crippen LogP contribution in [-0.4, -0.2) is 49.7 Å². The number of halogens is 2. The Morgan fingerprint density at radius 1 is 0.810 bits per heavy atom. The predicted octanol–water partition coefficient (Wildman–Crippen LogP) is 7.58. The van der Waals surface area contributed by atoms with Crippen molar-refractivity contribution in [1.29, 1.82) is 5.26 Å². The minimum absolute atomic E-state index is 0.214. The second kappa shape index (κ2) is 17.9. The lowest BCUT2D eigenvalue weighted by Crippen LogP contribution is -2.30. The number of hydrogen-bond donors (Lipinski definition) is 0. The van der Waals surface area contributed by atoms with E-state index in [2.05, 4.69) is 6.07 Å². The van der Waals surface area contributed by atoms with Crippen LogP contribution < -0.4 is 9.47 Å². The minimum atomic E-state index is -1.54. The van der Waals surface area contributed by atoms with Gasteiger partial charge in [-0.2, -0.15) is 5.26 Å². The number of alkyl halides is 2. The smallest absolute Gasteiger partial charge is 0.340 e. The first-order valence-corrected chi connectivity index (χ1v) is 15.8. The van der Waals surface area contributed by atoms with E-state index in [1.165, 1.54) is 0 Å². The summed E-state index contributed by atoms with van der Waals surface area (Å²) in [6.45, 7) is 4.86. The molecule has 234 valence electrons. The van der Waals surface area contributed by atoms with Gasteiger partial charge in [-0.3, -0.25) is 0 Å². The number of rotatable bonds is 16. The lowest BCUT2D eigenvalue weighted by molar-refractivity contribution is -0.158. The summed E-state index contributed by atoms with van der Waals surface area (Å²) >= 11 is 0. The molecule has 0 bridgehead atoms. The molecule has 7 nitrogen and oxygen atoms in total. The summed E-state index contributed by atoms with van der Waals surface area (Å²) in [6, 6.07) is 7.41. The van der Waals surface area contributed by atoms with E-state index in [1.54, 1.807) is 18.2 Å². The van der Waals surface area contributed by atoms with Crippen LogP contribution in [0.5, 0.6) is 11.5 Å². The van der Waals surface area contributed by atoms with Gasteiger partial charge in [0.25, 0.3) is 0 Å². The van der Waals surface area contributed by atoms with Gasteiger partial charge in [-0.05, 0) is 88.2 Å². The Morgan fingerprint density at radius 3 is 1.74 bits per heavy atom. The van der Waals surface area contributed by atoms with Crippen molar-refractivity contribution in [3.63, 3.8) is 0 Å². The summed E-state index contributed by atoms with van der Waals surface area (Å²) in [4.78, 5) is 23.9. The van der Waals surface area contributed by atoms with E-state index in [9.17, 15) is 23.6 Å². The van der Waals surface area contributed by atoms with Crippen molar-refractivity contribution in [3.8, 4) is 17.6 Å². The molecule has 0 radical (unpaired) electrons. The maximum absolute atomic E-state index is 13.9. The Bertz CT molecular complexity index is 1010. The highest BCUT2D eigenvalue weighted by molar-refractivity contribution is 5.75. The fraction of sp³-hybridized carbons (Fsp3) is 0.727. The second-order valence-corrected chi connectivity index (χ2v) is 11.8. The van der Waals surface area contributed by atoms with Gasteiger partial charge in [0.1, 0.15) is 29.8 Å². The number of nitrogens with zero attached hydrogens (tertiary/aromatic N) is 1. The molecular weight excluding hydrogens is 544 g/mol. The molecule has 1 aromatic carbocycles. The van der Waals surface area contributed by atoms with Crippen LogP contribution in [0.15, 0.2) is 18.2 Å². The Morgan fingerprint density at radius 2 is 1.29 bits per heavy atom. The number of nitriles is 1. The lowest BCUT2D eigenvalue weighted by atomic mass is 9.88. The maximum Gasteiger partial charge on any atom is 0.340 e. The first kappa shape index (κ1) is 33.6. The molecular formula is C33H47F2NO6. The second-order valence-electron chi connectivity index (χ2n) is 11.8. The molecule has 1 aromatic rings. The number of carbonyl (C=O) groups is 2. The number of unbranched alkanes of at least 4 members (excludes halogenated alkanes) is 2. The van der Waals surface area contributed by atoms with Gasteiger partial charge in [0.2, 0.25) is 0 Å². The van der Waals surface area contributed by atoms with Crippen molar-refractivity contribution in [2.24, 2.45) is 11.8 Å². The molecule has 2 fully saturated rings. The molecule has 0 aliphatic heterocycles. The van der Waals surface area contributed by atoms with E-state index in [0.717, 1.165) is 38.5 Å². The zero-order chi connectivity index (χ0) is 30.3. The highest BCUT2D eigenvalue weighted by Gasteiger charge is 2.29. The molecule has 2 aliphatic carbocycles. The summed E-state index contributed by atoms with van der Waals surface area (Å²) in [5.41, 5.74) is 0.399. The SMILES string of the molecule is CCCC[C@H](F)C(=O)O[C@H]1CC[C@H](COc2ccc(OC[C@H]3CC[C@H](OC(=O)[C@@H](F)CCCC)CC3)c(C#N)c2)CC1. The summed E-state index contributed by atoms with van der Waals surface area (Å²) in [7, 11) is 0. The van der Waals surface area contributed by atoms with Gasteiger partial charge < -0.3 is 18.9 Å². The van der Waals surface area contributed by atoms with Gasteiger partial charge in [0.05, 0.1) is 18.8 Å². The molecule has 2 saturated carbocycles. The van der Waals surface area contributed by atoms with E-state index in [1.807, 2.05) is 13.8 Å². The molecule has 0 spiro atoms. The number of carbonyl (C=O) groups excluding carboxylic acids is 2. The van der Waals surface area contributed by atoms with Crippen LogP contribution in [0.25, 0.3) is 0 Å². The summed E-state index contributed by atoms with van der Waals surface area (Å²) in [5.74, 6) is 0.177. The van der Waals surface area contributed by atoms with Crippen LogP contribution in [0.3, 0.4) is 0 Å². The zero-order valence-corrected chi connectivity index (χ0v) is 25.2. The number of ether oxygens (including phenoxy) is 4. The van der Waals surface area contributed by atoms with Crippen molar-refractivity contribution in [1.82, 2.24) is 0 Å². The summed E-state index contributed by atoms with van der Waals surface area (Å²) in [5, 5.41) is 9.67. The summed E-state index contributed by atoms with van der Waals surface area (Å²) in [6.07, 6.45) is 5.89. The van der Waals surface area contributed by atoms with Crippen molar-refractivity contribution in [3.05, 3.63) is 23.8 Å². The van der Waals surface area contributed by atoms with Crippen molar-refractivity contribution in [2.75, 3.05) is 13.2 Å². The highest BCUT2D eigenvalue weighted by atomic mass is 19.1. The van der Waals surface area contributed by atoms with Crippen LogP contribution >= 0.6 is 0 Å². The monoisotopic (exact) mass is 591 g/mol. The Kier molecular flexibility index (Phi) is 14.3. The van der Waals surface area contributed by atoms with E-state index >= 15 is 0 Å². The predicted molar refractivity (Wildman–Crippen MR) is 155 cm³/mol. The maximum atomic E-state index is 13.9. The number of hydrogen-bond acceptors (Lipinski definition) is 7. The normalized spacial score (nSPS) is 23.7. The highest BCUT2D eigenvalue weighted by Crippen LogP contribution is 2.31. The molecule has 9 heteroatoms. The van der Waals surface area contributed by atoms with Crippen LogP contribution in [0.4, 0.5) is 8.78 Å². The topological polar surface area (TPSA) is 94.8 Å². The quantitative estimate of drug-likeness (QED) is 0.183.